The second kappa shape index (κ2) is 16.4. The molecule has 0 unspecified atom stereocenters. The zero-order valence-electron chi connectivity index (χ0n) is 23.4. The summed E-state index contributed by atoms with van der Waals surface area (Å²) in [5, 5.41) is 30.0. The Balaban J connectivity index is 1.40. The van der Waals surface area contributed by atoms with E-state index in [0.717, 1.165) is 39.1 Å². The number of rotatable bonds is 14. The number of ether oxygens (including phenoxy) is 2. The molecule has 1 fully saturated rings. The summed E-state index contributed by atoms with van der Waals surface area (Å²) in [6, 6.07) is 23.8. The molecule has 3 atom stereocenters. The predicted molar refractivity (Wildman–Crippen MR) is 160 cm³/mol. The monoisotopic (exact) mass is 594 g/mol. The standard InChI is InChI=1S/C32H38N2O7S/c35-15-16-42-21-28-18-29(25-9-7-22(20-36)8-10-25)41-32(40-28)26-13-11-24(12-14-26)27-4-1-3-23(17-27)19-33-30(37)5-2-6-31(38)34-39/h1,3-4,7-14,17,28-29,32,35-36,39H,2,5-6,15-16,18-21H2,(H,33,37)(H,34,38)/t28-,29+,32+/m1/s1. The Bertz CT molecular complexity index is 1290. The Hall–Kier alpha value is -3.25. The molecule has 2 amide bonds. The lowest BCUT2D eigenvalue weighted by molar-refractivity contribution is -0.245. The predicted octanol–water partition coefficient (Wildman–Crippen LogP) is 4.41. The molecule has 3 aromatic carbocycles. The molecular weight excluding hydrogens is 556 g/mol. The summed E-state index contributed by atoms with van der Waals surface area (Å²) in [4.78, 5) is 23.2. The highest BCUT2D eigenvalue weighted by Crippen LogP contribution is 2.39. The lowest BCUT2D eigenvalue weighted by atomic mass is 9.99. The molecule has 4 rings (SSSR count). The van der Waals surface area contributed by atoms with Crippen LogP contribution in [0.2, 0.25) is 0 Å². The second-order valence-electron chi connectivity index (χ2n) is 10.1. The zero-order chi connectivity index (χ0) is 29.7. The number of aliphatic hydroxyl groups is 2. The SMILES string of the molecule is O=C(CCCC(=O)NCc1cccc(-c2ccc([C@H]3O[C@@H](CSCCO)C[C@@H](c4ccc(CO)cc4)O3)cc2)c1)NO. The molecule has 0 aromatic heterocycles. The molecule has 0 aliphatic carbocycles. The largest absolute Gasteiger partial charge is 0.396 e. The summed E-state index contributed by atoms with van der Waals surface area (Å²) in [7, 11) is 0. The molecule has 1 heterocycles. The number of hydrogen-bond acceptors (Lipinski definition) is 8. The molecule has 0 saturated carbocycles. The molecular formula is C32H38N2O7S. The van der Waals surface area contributed by atoms with Gasteiger partial charge in [0.2, 0.25) is 11.8 Å². The fourth-order valence-electron chi connectivity index (χ4n) is 4.75. The molecule has 1 saturated heterocycles. The Morgan fingerprint density at radius 3 is 2.31 bits per heavy atom. The Labute approximate surface area is 250 Å². The third kappa shape index (κ3) is 9.38. The summed E-state index contributed by atoms with van der Waals surface area (Å²) < 4.78 is 12.8. The lowest BCUT2D eigenvalue weighted by Crippen LogP contribution is -2.31. The Morgan fingerprint density at radius 2 is 1.60 bits per heavy atom. The molecule has 1 aliphatic heterocycles. The molecule has 10 heteroatoms. The van der Waals surface area contributed by atoms with E-state index in [2.05, 4.69) is 5.32 Å². The van der Waals surface area contributed by atoms with E-state index in [1.165, 1.54) is 0 Å². The number of benzene rings is 3. The van der Waals surface area contributed by atoms with Gasteiger partial charge in [-0.25, -0.2) is 5.48 Å². The second-order valence-corrected chi connectivity index (χ2v) is 11.3. The Morgan fingerprint density at radius 1 is 0.857 bits per heavy atom. The van der Waals surface area contributed by atoms with E-state index in [9.17, 15) is 19.8 Å². The first-order chi connectivity index (χ1) is 20.5. The molecule has 5 N–H and O–H groups in total. The third-order valence-corrected chi connectivity index (χ3v) is 8.10. The average Bonchev–Trinajstić information content (AvgIpc) is 3.04. The van der Waals surface area contributed by atoms with Crippen molar-refractivity contribution in [1.82, 2.24) is 10.8 Å². The van der Waals surface area contributed by atoms with Crippen LogP contribution in [0.15, 0.2) is 72.8 Å². The van der Waals surface area contributed by atoms with E-state index < -0.39 is 12.2 Å². The first-order valence-electron chi connectivity index (χ1n) is 14.1. The van der Waals surface area contributed by atoms with Gasteiger partial charge in [-0.2, -0.15) is 11.8 Å². The smallest absolute Gasteiger partial charge is 0.243 e. The van der Waals surface area contributed by atoms with Gasteiger partial charge in [0.05, 0.1) is 25.4 Å². The van der Waals surface area contributed by atoms with E-state index in [-0.39, 0.29) is 44.2 Å². The molecule has 0 spiro atoms. The normalized spacial score (nSPS) is 18.4. The lowest BCUT2D eigenvalue weighted by Gasteiger charge is -2.36. The van der Waals surface area contributed by atoms with Crippen LogP contribution >= 0.6 is 11.8 Å². The van der Waals surface area contributed by atoms with Crippen LogP contribution < -0.4 is 10.8 Å². The first kappa shape index (κ1) is 31.7. The van der Waals surface area contributed by atoms with Gasteiger partial charge < -0.3 is 25.0 Å². The first-order valence-corrected chi connectivity index (χ1v) is 15.2. The number of carbonyl (C=O) groups excluding carboxylic acids is 2. The summed E-state index contributed by atoms with van der Waals surface area (Å²) in [5.41, 5.74) is 7.34. The van der Waals surface area contributed by atoms with Gasteiger partial charge in [0, 0.05) is 42.9 Å². The number of thioether (sulfide) groups is 1. The van der Waals surface area contributed by atoms with E-state index in [0.29, 0.717) is 25.1 Å². The molecule has 0 radical (unpaired) electrons. The van der Waals surface area contributed by atoms with Crippen molar-refractivity contribution >= 4 is 23.6 Å². The fraction of sp³-hybridized carbons (Fsp3) is 0.375. The molecule has 42 heavy (non-hydrogen) atoms. The minimum absolute atomic E-state index is 0.00471. The van der Waals surface area contributed by atoms with Crippen molar-refractivity contribution in [1.29, 1.82) is 0 Å². The summed E-state index contributed by atoms with van der Waals surface area (Å²) >= 11 is 1.66. The number of amides is 2. The quantitative estimate of drug-likeness (QED) is 0.105. The fourth-order valence-corrected chi connectivity index (χ4v) is 5.52. The number of carbonyl (C=O) groups is 2. The molecule has 3 aromatic rings. The van der Waals surface area contributed by atoms with Crippen LogP contribution in [-0.4, -0.2) is 51.5 Å². The van der Waals surface area contributed by atoms with Crippen LogP contribution in [0.3, 0.4) is 0 Å². The van der Waals surface area contributed by atoms with Crippen LogP contribution in [0.25, 0.3) is 11.1 Å². The van der Waals surface area contributed by atoms with Gasteiger partial charge in [0.1, 0.15) is 0 Å². The highest BCUT2D eigenvalue weighted by atomic mass is 32.2. The van der Waals surface area contributed by atoms with Crippen LogP contribution in [0, 0.1) is 0 Å². The van der Waals surface area contributed by atoms with Crippen LogP contribution in [0.4, 0.5) is 0 Å². The topological polar surface area (TPSA) is 137 Å². The van der Waals surface area contributed by atoms with Crippen molar-refractivity contribution in [2.45, 2.75) is 57.3 Å². The molecule has 224 valence electrons. The maximum atomic E-state index is 12.1. The van der Waals surface area contributed by atoms with E-state index >= 15 is 0 Å². The van der Waals surface area contributed by atoms with Crippen molar-refractivity contribution in [3.05, 3.63) is 95.1 Å². The van der Waals surface area contributed by atoms with Crippen molar-refractivity contribution in [2.24, 2.45) is 0 Å². The van der Waals surface area contributed by atoms with Gasteiger partial charge in [-0.15, -0.1) is 0 Å². The van der Waals surface area contributed by atoms with Gasteiger partial charge in [0.25, 0.3) is 0 Å². The van der Waals surface area contributed by atoms with E-state index in [4.69, 9.17) is 14.7 Å². The highest BCUT2D eigenvalue weighted by molar-refractivity contribution is 7.99. The molecule has 9 nitrogen and oxygen atoms in total. The van der Waals surface area contributed by atoms with Gasteiger partial charge in [-0.3, -0.25) is 14.8 Å². The number of nitrogens with one attached hydrogen (secondary N) is 2. The number of aliphatic hydroxyl groups excluding tert-OH is 2. The number of hydroxylamine groups is 1. The molecule has 0 bridgehead atoms. The van der Waals surface area contributed by atoms with Crippen molar-refractivity contribution in [3.63, 3.8) is 0 Å². The minimum Gasteiger partial charge on any atom is -0.396 e. The van der Waals surface area contributed by atoms with Gasteiger partial charge in [0.15, 0.2) is 6.29 Å². The average molecular weight is 595 g/mol. The van der Waals surface area contributed by atoms with E-state index in [1.807, 2.05) is 72.8 Å². The summed E-state index contributed by atoms with van der Waals surface area (Å²) in [6.45, 7) is 0.496. The van der Waals surface area contributed by atoms with E-state index in [1.54, 1.807) is 17.2 Å². The maximum absolute atomic E-state index is 12.1. The molecule has 1 aliphatic rings. The van der Waals surface area contributed by atoms with Gasteiger partial charge in [-0.1, -0.05) is 66.7 Å². The highest BCUT2D eigenvalue weighted by Gasteiger charge is 2.32. The van der Waals surface area contributed by atoms with Crippen LogP contribution in [-0.2, 0) is 32.2 Å². The van der Waals surface area contributed by atoms with Crippen LogP contribution in [0.1, 0.15) is 60.3 Å². The van der Waals surface area contributed by atoms with Crippen molar-refractivity contribution in [2.75, 3.05) is 18.1 Å². The van der Waals surface area contributed by atoms with Crippen molar-refractivity contribution in [3.8, 4) is 11.1 Å². The summed E-state index contributed by atoms with van der Waals surface area (Å²) in [6.07, 6.45) is 0.616. The van der Waals surface area contributed by atoms with Crippen LogP contribution in [0.5, 0.6) is 0 Å². The van der Waals surface area contributed by atoms with Gasteiger partial charge >= 0.3 is 0 Å². The number of hydrogen-bond donors (Lipinski definition) is 5. The minimum atomic E-state index is -0.542. The third-order valence-electron chi connectivity index (χ3n) is 7.02. The Kier molecular flexibility index (Phi) is 12.4. The van der Waals surface area contributed by atoms with Crippen molar-refractivity contribution < 1.29 is 34.5 Å². The summed E-state index contributed by atoms with van der Waals surface area (Å²) in [5.74, 6) is 0.750. The maximum Gasteiger partial charge on any atom is 0.243 e. The zero-order valence-corrected chi connectivity index (χ0v) is 24.2. The van der Waals surface area contributed by atoms with Gasteiger partial charge in [-0.05, 0) is 40.3 Å².